The van der Waals surface area contributed by atoms with E-state index in [-0.39, 0.29) is 29.8 Å². The van der Waals surface area contributed by atoms with Gasteiger partial charge in [-0.25, -0.2) is 0 Å². The van der Waals surface area contributed by atoms with Gasteiger partial charge in [-0.3, -0.25) is 14.4 Å². The summed E-state index contributed by atoms with van der Waals surface area (Å²) >= 11 is 6.02. The van der Waals surface area contributed by atoms with E-state index in [2.05, 4.69) is 16.0 Å². The van der Waals surface area contributed by atoms with Gasteiger partial charge in [0.2, 0.25) is 17.7 Å². The number of carbonyl (C=O) groups excluding carboxylic acids is 3. The summed E-state index contributed by atoms with van der Waals surface area (Å²) in [4.78, 5) is 36.7. The zero-order valence-electron chi connectivity index (χ0n) is 16.5. The molecule has 0 heterocycles. The Bertz CT molecular complexity index is 750. The molecule has 1 aromatic rings. The molecule has 1 aromatic carbocycles. The maximum Gasteiger partial charge on any atom is 0.232 e. The minimum atomic E-state index is -0.914. The lowest BCUT2D eigenvalue weighted by molar-refractivity contribution is -0.137. The van der Waals surface area contributed by atoms with Gasteiger partial charge in [-0.2, -0.15) is 0 Å². The van der Waals surface area contributed by atoms with E-state index >= 15 is 0 Å². The Morgan fingerprint density at radius 2 is 1.67 bits per heavy atom. The van der Waals surface area contributed by atoms with E-state index in [4.69, 9.17) is 11.6 Å². The van der Waals surface area contributed by atoms with Crippen LogP contribution in [0.1, 0.15) is 47.5 Å². The molecule has 3 N–H and O–H groups in total. The molecule has 0 bridgehead atoms. The summed E-state index contributed by atoms with van der Waals surface area (Å²) in [6.07, 6.45) is 1.09. The molecule has 1 aliphatic rings. The highest BCUT2D eigenvalue weighted by atomic mass is 35.5. The largest absolute Gasteiger partial charge is 0.354 e. The van der Waals surface area contributed by atoms with Crippen LogP contribution in [0.15, 0.2) is 24.3 Å². The first kappa shape index (κ1) is 21.2. The number of nitrogens with one attached hydrogen (secondary N) is 3. The number of halogens is 1. The van der Waals surface area contributed by atoms with E-state index in [1.165, 1.54) is 13.8 Å². The van der Waals surface area contributed by atoms with Crippen molar-refractivity contribution in [2.24, 2.45) is 10.8 Å². The average molecular weight is 394 g/mol. The fourth-order valence-corrected chi connectivity index (χ4v) is 4.52. The van der Waals surface area contributed by atoms with Gasteiger partial charge in [0.25, 0.3) is 0 Å². The van der Waals surface area contributed by atoms with Crippen molar-refractivity contribution in [1.29, 1.82) is 0 Å². The number of hydrogen-bond acceptors (Lipinski definition) is 3. The molecule has 1 aliphatic carbocycles. The molecule has 3 unspecified atom stereocenters. The summed E-state index contributed by atoms with van der Waals surface area (Å²) < 4.78 is 0. The third-order valence-electron chi connectivity index (χ3n) is 5.22. The molecule has 1 saturated carbocycles. The van der Waals surface area contributed by atoms with Crippen LogP contribution in [0.4, 0.5) is 5.69 Å². The number of anilines is 1. The molecule has 0 saturated heterocycles. The van der Waals surface area contributed by atoms with Crippen molar-refractivity contribution >= 4 is 35.0 Å². The van der Waals surface area contributed by atoms with Crippen LogP contribution in [0.2, 0.25) is 5.02 Å². The molecular weight excluding hydrogens is 366 g/mol. The number of amides is 3. The van der Waals surface area contributed by atoms with Gasteiger partial charge >= 0.3 is 0 Å². The summed E-state index contributed by atoms with van der Waals surface area (Å²) in [6.45, 7) is 8.77. The molecule has 0 aliphatic heterocycles. The number of hydrogen-bond donors (Lipinski definition) is 3. The molecule has 3 atom stereocenters. The van der Waals surface area contributed by atoms with E-state index in [1.54, 1.807) is 24.3 Å². The molecular formula is C20H28ClN3O3. The number of benzene rings is 1. The molecule has 6 nitrogen and oxygen atoms in total. The summed E-state index contributed by atoms with van der Waals surface area (Å²) in [6, 6.07) is 6.39. The first-order chi connectivity index (χ1) is 12.4. The van der Waals surface area contributed by atoms with Gasteiger partial charge in [-0.05, 0) is 43.4 Å². The topological polar surface area (TPSA) is 87.3 Å². The molecule has 0 spiro atoms. The van der Waals surface area contributed by atoms with Gasteiger partial charge in [0.05, 0.1) is 5.41 Å². The Balaban J connectivity index is 2.38. The average Bonchev–Trinajstić information content (AvgIpc) is 2.49. The lowest BCUT2D eigenvalue weighted by atomic mass is 9.58. The maximum atomic E-state index is 13.3. The van der Waals surface area contributed by atoms with E-state index in [9.17, 15) is 14.4 Å². The number of carbonyl (C=O) groups is 3. The van der Waals surface area contributed by atoms with Gasteiger partial charge in [-0.1, -0.05) is 31.5 Å². The van der Waals surface area contributed by atoms with E-state index in [0.29, 0.717) is 23.6 Å². The lowest BCUT2D eigenvalue weighted by Crippen LogP contribution is -2.64. The van der Waals surface area contributed by atoms with Crippen molar-refractivity contribution in [2.45, 2.75) is 59.5 Å². The molecule has 0 radical (unpaired) electrons. The molecule has 0 aromatic heterocycles. The van der Waals surface area contributed by atoms with Crippen molar-refractivity contribution < 1.29 is 14.4 Å². The third kappa shape index (κ3) is 5.01. The Hall–Kier alpha value is -2.08. The first-order valence-electron chi connectivity index (χ1n) is 9.05. The minimum Gasteiger partial charge on any atom is -0.354 e. The fraction of sp³-hybridized carbons (Fsp3) is 0.550. The molecule has 2 rings (SSSR count). The van der Waals surface area contributed by atoms with Crippen molar-refractivity contribution in [1.82, 2.24) is 10.6 Å². The Kier molecular flexibility index (Phi) is 6.20. The SMILES string of the molecule is CC(=O)NC1CC(C)(C)C(NC(C)=O)C(C)(C(=O)Nc2cccc(Cl)c2)C1. The van der Waals surface area contributed by atoms with Crippen molar-refractivity contribution in [3.8, 4) is 0 Å². The van der Waals surface area contributed by atoms with Crippen LogP contribution in [0.5, 0.6) is 0 Å². The second-order valence-electron chi connectivity index (χ2n) is 8.31. The molecule has 3 amide bonds. The van der Waals surface area contributed by atoms with Crippen LogP contribution < -0.4 is 16.0 Å². The molecule has 7 heteroatoms. The maximum absolute atomic E-state index is 13.3. The van der Waals surface area contributed by atoms with Gasteiger partial charge in [-0.15, -0.1) is 0 Å². The van der Waals surface area contributed by atoms with Crippen LogP contribution in [0, 0.1) is 10.8 Å². The Labute approximate surface area is 165 Å². The zero-order valence-corrected chi connectivity index (χ0v) is 17.2. The lowest BCUT2D eigenvalue weighted by Gasteiger charge is -2.52. The highest BCUT2D eigenvalue weighted by molar-refractivity contribution is 6.30. The van der Waals surface area contributed by atoms with Crippen LogP contribution in [-0.4, -0.2) is 29.8 Å². The van der Waals surface area contributed by atoms with Crippen LogP contribution in [-0.2, 0) is 14.4 Å². The van der Waals surface area contributed by atoms with Crippen LogP contribution in [0.25, 0.3) is 0 Å². The Morgan fingerprint density at radius 1 is 1.04 bits per heavy atom. The van der Waals surface area contributed by atoms with Crippen LogP contribution in [0.3, 0.4) is 0 Å². The van der Waals surface area contributed by atoms with Crippen LogP contribution >= 0.6 is 11.6 Å². The normalized spacial score (nSPS) is 26.7. The Morgan fingerprint density at radius 3 is 2.22 bits per heavy atom. The summed E-state index contributed by atoms with van der Waals surface area (Å²) in [5.41, 5.74) is -0.713. The predicted octanol–water partition coefficient (Wildman–Crippen LogP) is 3.11. The molecule has 1 fully saturated rings. The summed E-state index contributed by atoms with van der Waals surface area (Å²) in [7, 11) is 0. The quantitative estimate of drug-likeness (QED) is 0.734. The summed E-state index contributed by atoms with van der Waals surface area (Å²) in [5, 5.41) is 9.36. The third-order valence-corrected chi connectivity index (χ3v) is 5.45. The standard InChI is InChI=1S/C20H28ClN3O3/c1-12(25)22-16-10-19(3,4)17(23-13(2)26)20(5,11-16)18(27)24-15-8-6-7-14(21)9-15/h6-9,16-17H,10-11H2,1-5H3,(H,22,25)(H,23,26)(H,24,27). The second-order valence-corrected chi connectivity index (χ2v) is 8.75. The van der Waals surface area contributed by atoms with E-state index < -0.39 is 10.8 Å². The summed E-state index contributed by atoms with van der Waals surface area (Å²) in [5.74, 6) is -0.536. The minimum absolute atomic E-state index is 0.133. The molecule has 148 valence electrons. The number of rotatable bonds is 4. The first-order valence-corrected chi connectivity index (χ1v) is 9.43. The highest BCUT2D eigenvalue weighted by Gasteiger charge is 2.54. The van der Waals surface area contributed by atoms with Gasteiger partial charge in [0, 0.05) is 36.6 Å². The van der Waals surface area contributed by atoms with Gasteiger partial charge < -0.3 is 16.0 Å². The van der Waals surface area contributed by atoms with Gasteiger partial charge in [0.15, 0.2) is 0 Å². The predicted molar refractivity (Wildman–Crippen MR) is 106 cm³/mol. The van der Waals surface area contributed by atoms with Gasteiger partial charge in [0.1, 0.15) is 0 Å². The van der Waals surface area contributed by atoms with Crippen molar-refractivity contribution in [3.05, 3.63) is 29.3 Å². The van der Waals surface area contributed by atoms with E-state index in [0.717, 1.165) is 0 Å². The van der Waals surface area contributed by atoms with Crippen molar-refractivity contribution in [2.75, 3.05) is 5.32 Å². The molecule has 27 heavy (non-hydrogen) atoms. The fourth-order valence-electron chi connectivity index (χ4n) is 4.33. The highest BCUT2D eigenvalue weighted by Crippen LogP contribution is 2.47. The van der Waals surface area contributed by atoms with E-state index in [1.807, 2.05) is 20.8 Å². The smallest absolute Gasteiger partial charge is 0.232 e. The zero-order chi connectivity index (χ0) is 20.4. The second kappa shape index (κ2) is 7.89. The van der Waals surface area contributed by atoms with Crippen molar-refractivity contribution in [3.63, 3.8) is 0 Å². The monoisotopic (exact) mass is 393 g/mol.